The standard InChI is InChI=1S/C13H12N2O3S/c1-18-10-3-5-11(6-4-10)19-13-7-2-9(14)8-12(13)15(16)17/h2-8H,14H2,1H3. The number of nitro benzene ring substituents is 1. The molecule has 6 heteroatoms. The van der Waals surface area contributed by atoms with E-state index in [1.54, 1.807) is 19.2 Å². The number of nitrogen functional groups attached to an aromatic ring is 1. The van der Waals surface area contributed by atoms with Gasteiger partial charge in [-0.3, -0.25) is 10.1 Å². The van der Waals surface area contributed by atoms with Gasteiger partial charge >= 0.3 is 0 Å². The third kappa shape index (κ3) is 3.17. The molecule has 0 unspecified atom stereocenters. The summed E-state index contributed by atoms with van der Waals surface area (Å²) < 4.78 is 5.06. The topological polar surface area (TPSA) is 78.4 Å². The van der Waals surface area contributed by atoms with E-state index in [-0.39, 0.29) is 5.69 Å². The molecular formula is C13H12N2O3S. The maximum Gasteiger partial charge on any atom is 0.285 e. The van der Waals surface area contributed by atoms with E-state index in [1.807, 2.05) is 24.3 Å². The van der Waals surface area contributed by atoms with Crippen molar-refractivity contribution < 1.29 is 9.66 Å². The third-order valence-corrected chi connectivity index (χ3v) is 3.54. The highest BCUT2D eigenvalue weighted by atomic mass is 32.2. The van der Waals surface area contributed by atoms with Crippen molar-refractivity contribution in [2.24, 2.45) is 0 Å². The van der Waals surface area contributed by atoms with Gasteiger partial charge in [-0.15, -0.1) is 0 Å². The fourth-order valence-electron chi connectivity index (χ4n) is 1.53. The minimum Gasteiger partial charge on any atom is -0.497 e. The summed E-state index contributed by atoms with van der Waals surface area (Å²) in [6.45, 7) is 0. The zero-order valence-corrected chi connectivity index (χ0v) is 11.0. The molecule has 2 aromatic rings. The number of hydrogen-bond donors (Lipinski definition) is 1. The second kappa shape index (κ2) is 5.62. The van der Waals surface area contributed by atoms with Gasteiger partial charge in [-0.05, 0) is 36.4 Å². The average Bonchev–Trinajstić information content (AvgIpc) is 2.41. The molecule has 0 aliphatic carbocycles. The molecule has 2 N–H and O–H groups in total. The first-order valence-electron chi connectivity index (χ1n) is 5.46. The Labute approximate surface area is 114 Å². The number of benzene rings is 2. The lowest BCUT2D eigenvalue weighted by Crippen LogP contribution is -1.93. The molecule has 0 heterocycles. The fourth-order valence-corrected chi connectivity index (χ4v) is 2.43. The molecule has 0 aromatic heterocycles. The second-order valence-electron chi connectivity index (χ2n) is 3.76. The van der Waals surface area contributed by atoms with Crippen LogP contribution < -0.4 is 10.5 Å². The van der Waals surface area contributed by atoms with Crippen LogP contribution in [0.2, 0.25) is 0 Å². The van der Waals surface area contributed by atoms with Crippen LogP contribution in [0.3, 0.4) is 0 Å². The van der Waals surface area contributed by atoms with Gasteiger partial charge in [0.05, 0.1) is 16.9 Å². The van der Waals surface area contributed by atoms with Gasteiger partial charge in [0.2, 0.25) is 0 Å². The Hall–Kier alpha value is -2.21. The van der Waals surface area contributed by atoms with Crippen molar-refractivity contribution in [1.82, 2.24) is 0 Å². The third-order valence-electron chi connectivity index (χ3n) is 2.47. The number of ether oxygens (including phenoxy) is 1. The monoisotopic (exact) mass is 276 g/mol. The predicted molar refractivity (Wildman–Crippen MR) is 74.6 cm³/mol. The molecule has 0 atom stereocenters. The summed E-state index contributed by atoms with van der Waals surface area (Å²) in [7, 11) is 1.59. The van der Waals surface area contributed by atoms with E-state index in [0.29, 0.717) is 10.6 Å². The van der Waals surface area contributed by atoms with E-state index in [0.717, 1.165) is 10.6 Å². The van der Waals surface area contributed by atoms with Crippen LogP contribution in [0, 0.1) is 10.1 Å². The summed E-state index contributed by atoms with van der Waals surface area (Å²) in [4.78, 5) is 12.0. The Balaban J connectivity index is 2.29. The minimum atomic E-state index is -0.428. The van der Waals surface area contributed by atoms with Crippen LogP contribution in [0.25, 0.3) is 0 Å². The molecular weight excluding hydrogens is 264 g/mol. The van der Waals surface area contributed by atoms with Crippen molar-refractivity contribution >= 4 is 23.1 Å². The number of nitrogens with zero attached hydrogens (tertiary/aromatic N) is 1. The largest absolute Gasteiger partial charge is 0.497 e. The first kappa shape index (κ1) is 13.2. The zero-order valence-electron chi connectivity index (χ0n) is 10.2. The zero-order chi connectivity index (χ0) is 13.8. The van der Waals surface area contributed by atoms with Crippen LogP contribution in [0.1, 0.15) is 0 Å². The number of rotatable bonds is 4. The fraction of sp³-hybridized carbons (Fsp3) is 0.0769. The summed E-state index contributed by atoms with van der Waals surface area (Å²) in [5, 5.41) is 11.0. The number of nitro groups is 1. The lowest BCUT2D eigenvalue weighted by Gasteiger charge is -2.05. The molecule has 2 aromatic carbocycles. The van der Waals surface area contributed by atoms with Gasteiger partial charge in [0.15, 0.2) is 0 Å². The van der Waals surface area contributed by atoms with Crippen LogP contribution in [-0.4, -0.2) is 12.0 Å². The smallest absolute Gasteiger partial charge is 0.285 e. The average molecular weight is 276 g/mol. The Morgan fingerprint density at radius 1 is 1.21 bits per heavy atom. The molecule has 0 radical (unpaired) electrons. The van der Waals surface area contributed by atoms with Crippen molar-refractivity contribution in [3.8, 4) is 5.75 Å². The van der Waals surface area contributed by atoms with E-state index in [1.165, 1.54) is 17.8 Å². The molecule has 0 aliphatic heterocycles. The lowest BCUT2D eigenvalue weighted by atomic mass is 10.3. The number of nitrogens with two attached hydrogens (primary N) is 1. The van der Waals surface area contributed by atoms with E-state index < -0.39 is 4.92 Å². The van der Waals surface area contributed by atoms with Gasteiger partial charge < -0.3 is 10.5 Å². The first-order chi connectivity index (χ1) is 9.10. The number of anilines is 1. The number of hydrogen-bond acceptors (Lipinski definition) is 5. The molecule has 0 spiro atoms. The van der Waals surface area contributed by atoms with Crippen molar-refractivity contribution in [2.45, 2.75) is 9.79 Å². The normalized spacial score (nSPS) is 10.2. The van der Waals surface area contributed by atoms with Gasteiger partial charge in [0, 0.05) is 16.6 Å². The molecule has 19 heavy (non-hydrogen) atoms. The molecule has 0 saturated heterocycles. The maximum absolute atomic E-state index is 11.0. The summed E-state index contributed by atoms with van der Waals surface area (Å²) in [5.41, 5.74) is 5.96. The summed E-state index contributed by atoms with van der Waals surface area (Å²) in [5.74, 6) is 0.746. The minimum absolute atomic E-state index is 0.0146. The van der Waals surface area contributed by atoms with Gasteiger partial charge in [-0.25, -0.2) is 0 Å². The highest BCUT2D eigenvalue weighted by molar-refractivity contribution is 7.99. The first-order valence-corrected chi connectivity index (χ1v) is 6.27. The predicted octanol–water partition coefficient (Wildman–Crippen LogP) is 3.34. The molecule has 2 rings (SSSR count). The second-order valence-corrected chi connectivity index (χ2v) is 4.88. The molecule has 0 amide bonds. The molecule has 5 nitrogen and oxygen atoms in total. The molecule has 0 bridgehead atoms. The maximum atomic E-state index is 11.0. The van der Waals surface area contributed by atoms with E-state index in [4.69, 9.17) is 10.5 Å². The molecule has 0 aliphatic rings. The summed E-state index contributed by atoms with van der Waals surface area (Å²) in [6, 6.07) is 12.0. The van der Waals surface area contributed by atoms with Crippen LogP contribution in [-0.2, 0) is 0 Å². The van der Waals surface area contributed by atoms with Crippen LogP contribution in [0.4, 0.5) is 11.4 Å². The quantitative estimate of drug-likeness (QED) is 0.526. The van der Waals surface area contributed by atoms with Crippen molar-refractivity contribution in [3.63, 3.8) is 0 Å². The highest BCUT2D eigenvalue weighted by Crippen LogP contribution is 2.36. The number of methoxy groups -OCH3 is 1. The van der Waals surface area contributed by atoms with Crippen molar-refractivity contribution in [3.05, 3.63) is 52.6 Å². The van der Waals surface area contributed by atoms with Gasteiger partial charge in [0.1, 0.15) is 5.75 Å². The summed E-state index contributed by atoms with van der Waals surface area (Å²) >= 11 is 1.32. The van der Waals surface area contributed by atoms with E-state index in [9.17, 15) is 10.1 Å². The SMILES string of the molecule is COc1ccc(Sc2ccc(N)cc2[N+](=O)[O-])cc1. The molecule has 0 saturated carbocycles. The molecule has 0 fully saturated rings. The van der Waals surface area contributed by atoms with Crippen LogP contribution in [0.5, 0.6) is 5.75 Å². The van der Waals surface area contributed by atoms with E-state index in [2.05, 4.69) is 0 Å². The summed E-state index contributed by atoms with van der Waals surface area (Å²) in [6.07, 6.45) is 0. The van der Waals surface area contributed by atoms with Crippen LogP contribution >= 0.6 is 11.8 Å². The Kier molecular flexibility index (Phi) is 3.91. The van der Waals surface area contributed by atoms with Crippen LogP contribution in [0.15, 0.2) is 52.3 Å². The Morgan fingerprint density at radius 2 is 1.89 bits per heavy atom. The van der Waals surface area contributed by atoms with E-state index >= 15 is 0 Å². The highest BCUT2D eigenvalue weighted by Gasteiger charge is 2.15. The van der Waals surface area contributed by atoms with Crippen molar-refractivity contribution in [2.75, 3.05) is 12.8 Å². The van der Waals surface area contributed by atoms with Gasteiger partial charge in [-0.1, -0.05) is 11.8 Å². The molecule has 98 valence electrons. The lowest BCUT2D eigenvalue weighted by molar-refractivity contribution is -0.387. The van der Waals surface area contributed by atoms with Gasteiger partial charge in [-0.2, -0.15) is 0 Å². The van der Waals surface area contributed by atoms with Crippen molar-refractivity contribution in [1.29, 1.82) is 0 Å². The van der Waals surface area contributed by atoms with Gasteiger partial charge in [0.25, 0.3) is 5.69 Å². The Morgan fingerprint density at radius 3 is 2.47 bits per heavy atom. The Bertz CT molecular complexity index is 599.